The highest BCUT2D eigenvalue weighted by molar-refractivity contribution is 5.92. The summed E-state index contributed by atoms with van der Waals surface area (Å²) in [4.78, 5) is 13.1. The molecule has 0 spiro atoms. The molecule has 2 N–H and O–H groups in total. The average Bonchev–Trinajstić information content (AvgIpc) is 2.60. The quantitative estimate of drug-likeness (QED) is 0.370. The largest absolute Gasteiger partial charge is 0.504 e. The first kappa shape index (κ1) is 17.1. The molecular weight excluding hydrogens is 304 g/mol. The maximum absolute atomic E-state index is 12.0. The summed E-state index contributed by atoms with van der Waals surface area (Å²) in [6, 6.07) is 14.1. The predicted molar refractivity (Wildman–Crippen MR) is 90.9 cm³/mol. The molecule has 2 aromatic rings. The van der Waals surface area contributed by atoms with Gasteiger partial charge in [0.25, 0.3) is 5.91 Å². The Morgan fingerprint density at radius 2 is 1.88 bits per heavy atom. The van der Waals surface area contributed by atoms with Crippen molar-refractivity contribution in [1.82, 2.24) is 4.90 Å². The highest BCUT2D eigenvalue weighted by Gasteiger charge is 2.09. The topological polar surface area (TPSA) is 84.6 Å². The van der Waals surface area contributed by atoms with Crippen LogP contribution in [0.2, 0.25) is 0 Å². The lowest BCUT2D eigenvalue weighted by Crippen LogP contribution is -2.25. The molecule has 0 unspecified atom stereocenters. The summed E-state index contributed by atoms with van der Waals surface area (Å²) in [7, 11) is 0. The number of phenols is 2. The third kappa shape index (κ3) is 4.89. The summed E-state index contributed by atoms with van der Waals surface area (Å²) in [5, 5.41) is 27.8. The Bertz CT molecular complexity index is 764. The third-order valence-corrected chi connectivity index (χ3v) is 3.49. The van der Waals surface area contributed by atoms with Gasteiger partial charge in [0, 0.05) is 12.6 Å². The van der Waals surface area contributed by atoms with E-state index in [9.17, 15) is 15.0 Å². The summed E-state index contributed by atoms with van der Waals surface area (Å²) >= 11 is 0. The van der Waals surface area contributed by atoms with Crippen LogP contribution in [0, 0.1) is 11.5 Å². The summed E-state index contributed by atoms with van der Waals surface area (Å²) in [5.41, 5.74) is 1.72. The second-order valence-corrected chi connectivity index (χ2v) is 5.26. The van der Waals surface area contributed by atoms with E-state index >= 15 is 0 Å². The van der Waals surface area contributed by atoms with Crippen LogP contribution in [0.3, 0.4) is 0 Å². The van der Waals surface area contributed by atoms with E-state index in [0.29, 0.717) is 18.5 Å². The number of hydrogen-bond donors (Lipinski definition) is 2. The normalized spacial score (nSPS) is 10.5. The van der Waals surface area contributed by atoms with Crippen molar-refractivity contribution >= 4 is 12.0 Å². The van der Waals surface area contributed by atoms with Crippen LogP contribution in [-0.4, -0.2) is 27.6 Å². The number of nitrogens with zero attached hydrogens (tertiary/aromatic N) is 2. The SMILES string of the molecule is N#CN(CCCc1ccccc1)C(=O)C=Cc1ccc(O)c(O)c1. The first-order chi connectivity index (χ1) is 11.6. The molecule has 0 fully saturated rings. The number of aryl methyl sites for hydroxylation is 1. The van der Waals surface area contributed by atoms with Crippen molar-refractivity contribution in [2.24, 2.45) is 0 Å². The van der Waals surface area contributed by atoms with Gasteiger partial charge in [-0.15, -0.1) is 0 Å². The molecule has 122 valence electrons. The molecule has 2 aromatic carbocycles. The van der Waals surface area contributed by atoms with Crippen molar-refractivity contribution in [1.29, 1.82) is 5.26 Å². The molecule has 24 heavy (non-hydrogen) atoms. The summed E-state index contributed by atoms with van der Waals surface area (Å²) < 4.78 is 0. The highest BCUT2D eigenvalue weighted by Crippen LogP contribution is 2.25. The number of hydrogen-bond acceptors (Lipinski definition) is 4. The minimum absolute atomic E-state index is 0.224. The first-order valence-electron chi connectivity index (χ1n) is 7.55. The van der Waals surface area contributed by atoms with Crippen LogP contribution in [0.4, 0.5) is 0 Å². The standard InChI is InChI=1S/C19H18N2O3/c20-14-21(12-4-7-15-5-2-1-3-6-15)19(24)11-9-16-8-10-17(22)18(23)13-16/h1-3,5-6,8-11,13,22-23H,4,7,12H2. The molecule has 0 aliphatic heterocycles. The first-order valence-corrected chi connectivity index (χ1v) is 7.55. The molecule has 0 aliphatic carbocycles. The lowest BCUT2D eigenvalue weighted by atomic mass is 10.1. The van der Waals surface area contributed by atoms with Gasteiger partial charge >= 0.3 is 0 Å². The number of aromatic hydroxyl groups is 2. The predicted octanol–water partition coefficient (Wildman–Crippen LogP) is 3.05. The van der Waals surface area contributed by atoms with E-state index in [2.05, 4.69) is 0 Å². The van der Waals surface area contributed by atoms with Crippen LogP contribution in [0.15, 0.2) is 54.6 Å². The maximum atomic E-state index is 12.0. The van der Waals surface area contributed by atoms with Crippen LogP contribution in [0.1, 0.15) is 17.5 Å². The lowest BCUT2D eigenvalue weighted by molar-refractivity contribution is -0.123. The summed E-state index contributed by atoms with van der Waals surface area (Å²) in [6.45, 7) is 0.343. The van der Waals surface area contributed by atoms with E-state index in [4.69, 9.17) is 5.26 Å². The molecule has 1 amide bonds. The average molecular weight is 322 g/mol. The molecule has 0 aliphatic rings. The Hall–Kier alpha value is -3.26. The van der Waals surface area contributed by atoms with Gasteiger partial charge in [0.05, 0.1) is 0 Å². The lowest BCUT2D eigenvalue weighted by Gasteiger charge is -2.11. The minimum Gasteiger partial charge on any atom is -0.504 e. The van der Waals surface area contributed by atoms with Gasteiger partial charge in [0.15, 0.2) is 17.7 Å². The maximum Gasteiger partial charge on any atom is 0.259 e. The number of amides is 1. The second kappa shape index (κ2) is 8.39. The number of nitriles is 1. The van der Waals surface area contributed by atoms with Gasteiger partial charge in [0.2, 0.25) is 0 Å². The van der Waals surface area contributed by atoms with Crippen LogP contribution in [0.5, 0.6) is 11.5 Å². The molecule has 0 radical (unpaired) electrons. The molecule has 0 saturated heterocycles. The van der Waals surface area contributed by atoms with Gasteiger partial charge in [0.1, 0.15) is 0 Å². The van der Waals surface area contributed by atoms with Crippen molar-refractivity contribution in [2.75, 3.05) is 6.54 Å². The molecule has 0 bridgehead atoms. The highest BCUT2D eigenvalue weighted by atomic mass is 16.3. The molecule has 0 saturated carbocycles. The molecule has 5 heteroatoms. The van der Waals surface area contributed by atoms with Crippen LogP contribution in [-0.2, 0) is 11.2 Å². The molecule has 2 rings (SSSR count). The van der Waals surface area contributed by atoms with Gasteiger partial charge in [-0.05, 0) is 42.2 Å². The molecule has 0 heterocycles. The van der Waals surface area contributed by atoms with Crippen molar-refractivity contribution in [3.8, 4) is 17.7 Å². The third-order valence-electron chi connectivity index (χ3n) is 3.49. The monoisotopic (exact) mass is 322 g/mol. The van der Waals surface area contributed by atoms with Gasteiger partial charge in [-0.3, -0.25) is 4.79 Å². The zero-order chi connectivity index (χ0) is 17.4. The minimum atomic E-state index is -0.418. The fourth-order valence-corrected chi connectivity index (χ4v) is 2.20. The van der Waals surface area contributed by atoms with Gasteiger partial charge in [-0.1, -0.05) is 36.4 Å². The fourth-order valence-electron chi connectivity index (χ4n) is 2.20. The smallest absolute Gasteiger partial charge is 0.259 e. The van der Waals surface area contributed by atoms with Crippen molar-refractivity contribution in [3.05, 3.63) is 65.7 Å². The zero-order valence-corrected chi connectivity index (χ0v) is 13.1. The Morgan fingerprint density at radius 3 is 2.54 bits per heavy atom. The number of benzene rings is 2. The molecular formula is C19H18N2O3. The number of phenolic OH excluding ortho intramolecular Hbond substituents is 2. The van der Waals surface area contributed by atoms with E-state index in [1.807, 2.05) is 36.5 Å². The Balaban J connectivity index is 1.90. The Kier molecular flexibility index (Phi) is 5.98. The van der Waals surface area contributed by atoms with Crippen LogP contribution < -0.4 is 0 Å². The molecule has 0 aromatic heterocycles. The zero-order valence-electron chi connectivity index (χ0n) is 13.1. The van der Waals surface area contributed by atoms with Crippen molar-refractivity contribution < 1.29 is 15.0 Å². The summed E-state index contributed by atoms with van der Waals surface area (Å²) in [6.07, 6.45) is 6.14. The van der Waals surface area contributed by atoms with Gasteiger partial charge in [-0.2, -0.15) is 5.26 Å². The number of rotatable bonds is 6. The van der Waals surface area contributed by atoms with E-state index in [1.54, 1.807) is 6.07 Å². The van der Waals surface area contributed by atoms with E-state index in [-0.39, 0.29) is 11.5 Å². The Morgan fingerprint density at radius 1 is 1.12 bits per heavy atom. The van der Waals surface area contributed by atoms with Crippen LogP contribution >= 0.6 is 0 Å². The van der Waals surface area contributed by atoms with Crippen LogP contribution in [0.25, 0.3) is 6.08 Å². The van der Waals surface area contributed by atoms with E-state index in [1.165, 1.54) is 24.3 Å². The van der Waals surface area contributed by atoms with E-state index < -0.39 is 5.91 Å². The summed E-state index contributed by atoms with van der Waals surface area (Å²) in [5.74, 6) is -0.902. The molecule has 0 atom stereocenters. The van der Waals surface area contributed by atoms with Crippen molar-refractivity contribution in [2.45, 2.75) is 12.8 Å². The molecule has 5 nitrogen and oxygen atoms in total. The second-order valence-electron chi connectivity index (χ2n) is 5.26. The van der Waals surface area contributed by atoms with E-state index in [0.717, 1.165) is 16.9 Å². The number of carbonyl (C=O) groups is 1. The van der Waals surface area contributed by atoms with Gasteiger partial charge in [-0.25, -0.2) is 4.90 Å². The Labute approximate surface area is 140 Å². The number of carbonyl (C=O) groups excluding carboxylic acids is 1. The fraction of sp³-hybridized carbons (Fsp3) is 0.158. The van der Waals surface area contributed by atoms with Gasteiger partial charge < -0.3 is 10.2 Å². The van der Waals surface area contributed by atoms with Crippen molar-refractivity contribution in [3.63, 3.8) is 0 Å².